The third kappa shape index (κ3) is 1.89. The van der Waals surface area contributed by atoms with Crippen LogP contribution < -0.4 is 4.74 Å². The predicted molar refractivity (Wildman–Crippen MR) is 70.2 cm³/mol. The first-order chi connectivity index (χ1) is 7.99. The number of rotatable bonds is 2. The summed E-state index contributed by atoms with van der Waals surface area (Å²) < 4.78 is 6.71. The zero-order valence-electron chi connectivity index (χ0n) is 10.2. The maximum absolute atomic E-state index is 10.5. The van der Waals surface area contributed by atoms with Gasteiger partial charge in [-0.1, -0.05) is 29.8 Å². The van der Waals surface area contributed by atoms with Gasteiger partial charge in [0, 0.05) is 16.5 Å². The second kappa shape index (κ2) is 3.72. The Labute approximate surface area is 110 Å². The molecule has 2 aliphatic rings. The summed E-state index contributed by atoms with van der Waals surface area (Å²) in [6, 6.07) is 4.10. The molecule has 1 aromatic carbocycles. The van der Waals surface area contributed by atoms with Crippen molar-refractivity contribution in [1.82, 2.24) is 0 Å². The molecule has 3 heteroatoms. The van der Waals surface area contributed by atoms with E-state index in [4.69, 9.17) is 4.74 Å². The molecule has 2 atom stereocenters. The van der Waals surface area contributed by atoms with Gasteiger partial charge in [0.1, 0.15) is 5.75 Å². The summed E-state index contributed by atoms with van der Waals surface area (Å²) in [5.74, 6) is 1.29. The largest absolute Gasteiger partial charge is 0.493 e. The first kappa shape index (κ1) is 11.5. The lowest BCUT2D eigenvalue weighted by Crippen LogP contribution is -2.06. The van der Waals surface area contributed by atoms with Gasteiger partial charge in [-0.25, -0.2) is 0 Å². The standard InChI is InChI=1S/C14H17BrO2/c1-14(2)7-11(14)12(16)10-6-9(15)5-8-3-4-17-13(8)10/h5-6,11-12,16H,3-4,7H2,1-2H3. The zero-order valence-corrected chi connectivity index (χ0v) is 11.8. The number of aliphatic hydroxyl groups excluding tert-OH is 1. The topological polar surface area (TPSA) is 29.5 Å². The predicted octanol–water partition coefficient (Wildman–Crippen LogP) is 3.46. The van der Waals surface area contributed by atoms with Crippen molar-refractivity contribution in [3.8, 4) is 5.75 Å². The van der Waals surface area contributed by atoms with Crippen molar-refractivity contribution in [3.05, 3.63) is 27.7 Å². The molecule has 1 saturated carbocycles. The third-order valence-corrected chi connectivity index (χ3v) is 4.52. The van der Waals surface area contributed by atoms with Crippen LogP contribution in [0.5, 0.6) is 5.75 Å². The van der Waals surface area contributed by atoms with Crippen molar-refractivity contribution in [2.75, 3.05) is 6.61 Å². The quantitative estimate of drug-likeness (QED) is 0.906. The molecule has 92 valence electrons. The van der Waals surface area contributed by atoms with Gasteiger partial charge in [0.15, 0.2) is 0 Å². The van der Waals surface area contributed by atoms with E-state index in [-0.39, 0.29) is 5.41 Å². The fourth-order valence-electron chi connectivity index (χ4n) is 2.78. The van der Waals surface area contributed by atoms with Crippen LogP contribution in [0.25, 0.3) is 0 Å². The lowest BCUT2D eigenvalue weighted by atomic mass is 9.97. The maximum Gasteiger partial charge on any atom is 0.128 e. The van der Waals surface area contributed by atoms with Gasteiger partial charge < -0.3 is 9.84 Å². The number of benzene rings is 1. The van der Waals surface area contributed by atoms with Gasteiger partial charge >= 0.3 is 0 Å². The van der Waals surface area contributed by atoms with Crippen LogP contribution in [0.1, 0.15) is 37.5 Å². The Balaban J connectivity index is 1.98. The molecule has 1 aromatic rings. The first-order valence-corrected chi connectivity index (χ1v) is 6.91. The molecule has 0 radical (unpaired) electrons. The Morgan fingerprint density at radius 1 is 1.47 bits per heavy atom. The van der Waals surface area contributed by atoms with E-state index in [1.165, 1.54) is 5.56 Å². The highest BCUT2D eigenvalue weighted by atomic mass is 79.9. The van der Waals surface area contributed by atoms with Crippen LogP contribution in [-0.2, 0) is 6.42 Å². The zero-order chi connectivity index (χ0) is 12.2. The maximum atomic E-state index is 10.5. The smallest absolute Gasteiger partial charge is 0.128 e. The minimum Gasteiger partial charge on any atom is -0.493 e. The van der Waals surface area contributed by atoms with Crippen molar-refractivity contribution < 1.29 is 9.84 Å². The Bertz CT molecular complexity index is 468. The van der Waals surface area contributed by atoms with E-state index < -0.39 is 6.10 Å². The van der Waals surface area contributed by atoms with Crippen molar-refractivity contribution >= 4 is 15.9 Å². The molecule has 1 heterocycles. The number of hydrogen-bond acceptors (Lipinski definition) is 2. The Kier molecular flexibility index (Phi) is 2.53. The minimum atomic E-state index is -0.394. The molecular weight excluding hydrogens is 280 g/mol. The Hall–Kier alpha value is -0.540. The second-order valence-corrected chi connectivity index (χ2v) is 6.74. The molecule has 0 bridgehead atoms. The summed E-state index contributed by atoms with van der Waals surface area (Å²) in [6.45, 7) is 5.15. The van der Waals surface area contributed by atoms with Crippen molar-refractivity contribution in [2.24, 2.45) is 11.3 Å². The molecule has 0 amide bonds. The number of ether oxygens (including phenoxy) is 1. The van der Waals surface area contributed by atoms with Gasteiger partial charge in [0.2, 0.25) is 0 Å². The van der Waals surface area contributed by atoms with Crippen molar-refractivity contribution in [3.63, 3.8) is 0 Å². The van der Waals surface area contributed by atoms with Crippen LogP contribution in [-0.4, -0.2) is 11.7 Å². The van der Waals surface area contributed by atoms with Crippen LogP contribution in [0.15, 0.2) is 16.6 Å². The SMILES string of the molecule is CC1(C)CC1C(O)c1cc(Br)cc2c1OCC2. The molecule has 1 aliphatic carbocycles. The van der Waals surface area contributed by atoms with Crippen molar-refractivity contribution in [2.45, 2.75) is 32.8 Å². The molecular formula is C14H17BrO2. The Morgan fingerprint density at radius 2 is 2.18 bits per heavy atom. The van der Waals surface area contributed by atoms with E-state index in [1.54, 1.807) is 0 Å². The molecule has 1 aliphatic heterocycles. The Morgan fingerprint density at radius 3 is 2.82 bits per heavy atom. The van der Waals surface area contributed by atoms with Crippen LogP contribution in [0.2, 0.25) is 0 Å². The molecule has 3 rings (SSSR count). The first-order valence-electron chi connectivity index (χ1n) is 6.12. The van der Waals surface area contributed by atoms with E-state index in [9.17, 15) is 5.11 Å². The summed E-state index contributed by atoms with van der Waals surface area (Å²) in [7, 11) is 0. The van der Waals surface area contributed by atoms with E-state index in [0.717, 1.165) is 35.2 Å². The van der Waals surface area contributed by atoms with E-state index in [1.807, 2.05) is 6.07 Å². The van der Waals surface area contributed by atoms with Crippen molar-refractivity contribution in [1.29, 1.82) is 0 Å². The fraction of sp³-hybridized carbons (Fsp3) is 0.571. The van der Waals surface area contributed by atoms with Gasteiger partial charge in [-0.2, -0.15) is 0 Å². The molecule has 17 heavy (non-hydrogen) atoms. The molecule has 0 saturated heterocycles. The van der Waals surface area contributed by atoms with Crippen LogP contribution in [0.3, 0.4) is 0 Å². The van der Waals surface area contributed by atoms with Gasteiger partial charge in [0.25, 0.3) is 0 Å². The number of halogens is 1. The lowest BCUT2D eigenvalue weighted by molar-refractivity contribution is 0.134. The van der Waals surface area contributed by atoms with E-state index in [0.29, 0.717) is 5.92 Å². The summed E-state index contributed by atoms with van der Waals surface area (Å²) in [4.78, 5) is 0. The third-order valence-electron chi connectivity index (χ3n) is 4.07. The van der Waals surface area contributed by atoms with Crippen LogP contribution >= 0.6 is 15.9 Å². The lowest BCUT2D eigenvalue weighted by Gasteiger charge is -2.16. The van der Waals surface area contributed by atoms with Crippen LogP contribution in [0.4, 0.5) is 0 Å². The fourth-order valence-corrected chi connectivity index (χ4v) is 3.30. The van der Waals surface area contributed by atoms with Gasteiger partial charge in [0.05, 0.1) is 12.7 Å². The van der Waals surface area contributed by atoms with E-state index >= 15 is 0 Å². The molecule has 2 nitrogen and oxygen atoms in total. The van der Waals surface area contributed by atoms with Gasteiger partial charge in [-0.15, -0.1) is 0 Å². The number of aliphatic hydroxyl groups is 1. The number of fused-ring (bicyclic) bond motifs is 1. The van der Waals surface area contributed by atoms with Crippen LogP contribution in [0, 0.1) is 11.3 Å². The molecule has 2 unspecified atom stereocenters. The highest BCUT2D eigenvalue weighted by molar-refractivity contribution is 9.10. The molecule has 1 fully saturated rings. The summed E-state index contributed by atoms with van der Waals surface area (Å²) in [5.41, 5.74) is 2.45. The average Bonchev–Trinajstić information content (AvgIpc) is 2.71. The molecule has 0 spiro atoms. The normalized spacial score (nSPS) is 26.2. The highest BCUT2D eigenvalue weighted by Gasteiger charge is 2.51. The molecule has 1 N–H and O–H groups in total. The molecule has 0 aromatic heterocycles. The monoisotopic (exact) mass is 296 g/mol. The summed E-state index contributed by atoms with van der Waals surface area (Å²) in [5, 5.41) is 10.5. The summed E-state index contributed by atoms with van der Waals surface area (Å²) in [6.07, 6.45) is 1.65. The highest BCUT2D eigenvalue weighted by Crippen LogP contribution is 2.59. The number of hydrogen-bond donors (Lipinski definition) is 1. The van der Waals surface area contributed by atoms with E-state index in [2.05, 4.69) is 35.8 Å². The van der Waals surface area contributed by atoms with Gasteiger partial charge in [-0.3, -0.25) is 0 Å². The summed E-state index contributed by atoms with van der Waals surface area (Å²) >= 11 is 3.52. The van der Waals surface area contributed by atoms with Gasteiger partial charge in [-0.05, 0) is 35.4 Å². The average molecular weight is 297 g/mol. The minimum absolute atomic E-state index is 0.271. The second-order valence-electron chi connectivity index (χ2n) is 5.83.